The lowest BCUT2D eigenvalue weighted by Gasteiger charge is -2.28. The Hall–Kier alpha value is -1.84. The molecule has 4 atom stereocenters. The molecule has 2 N–H and O–H groups in total. The number of amides is 2. The second kappa shape index (κ2) is 6.40. The van der Waals surface area contributed by atoms with E-state index in [0.29, 0.717) is 0 Å². The summed E-state index contributed by atoms with van der Waals surface area (Å²) in [6, 6.07) is 0. The Kier molecular flexibility index (Phi) is 4.66. The third-order valence-electron chi connectivity index (χ3n) is 4.60. The van der Waals surface area contributed by atoms with Crippen molar-refractivity contribution in [1.29, 1.82) is 0 Å². The molecule has 0 spiro atoms. The summed E-state index contributed by atoms with van der Waals surface area (Å²) in [4.78, 5) is 55.2. The van der Waals surface area contributed by atoms with E-state index in [-0.39, 0.29) is 18.7 Å². The van der Waals surface area contributed by atoms with Gasteiger partial charge in [0.25, 0.3) is 0 Å². The topological polar surface area (TPSA) is 140 Å². The average molecular weight is 387 g/mol. The molecule has 10 nitrogen and oxygen atoms in total. The van der Waals surface area contributed by atoms with Gasteiger partial charge in [0.15, 0.2) is 0 Å². The molecular formula is C15H18NO9P. The maximum Gasteiger partial charge on any atom is 0.469 e. The van der Waals surface area contributed by atoms with Crippen LogP contribution >= 0.6 is 7.82 Å². The van der Waals surface area contributed by atoms with Gasteiger partial charge in [-0.25, -0.2) is 9.36 Å². The zero-order valence-electron chi connectivity index (χ0n) is 13.9. The number of fused-ring (bicyclic) bond motifs is 5. The molecule has 0 aromatic carbocycles. The van der Waals surface area contributed by atoms with Crippen LogP contribution in [-0.4, -0.2) is 63.9 Å². The van der Waals surface area contributed by atoms with Crippen LogP contribution in [0.3, 0.4) is 0 Å². The fourth-order valence-electron chi connectivity index (χ4n) is 3.50. The molecule has 2 bridgehead atoms. The van der Waals surface area contributed by atoms with E-state index >= 15 is 0 Å². The Labute approximate surface area is 148 Å². The van der Waals surface area contributed by atoms with Crippen LogP contribution in [0, 0.1) is 11.8 Å². The number of ether oxygens (including phenoxy) is 2. The summed E-state index contributed by atoms with van der Waals surface area (Å²) >= 11 is 0. The molecule has 26 heavy (non-hydrogen) atoms. The predicted molar refractivity (Wildman–Crippen MR) is 84.2 cm³/mol. The number of carbonyl (C=O) groups excluding carboxylic acids is 3. The molecule has 0 aromatic heterocycles. The Bertz CT molecular complexity index is 756. The van der Waals surface area contributed by atoms with Gasteiger partial charge in [-0.2, -0.15) is 0 Å². The Morgan fingerprint density at radius 3 is 2.73 bits per heavy atom. The molecule has 2 saturated heterocycles. The highest BCUT2D eigenvalue weighted by atomic mass is 31.2. The van der Waals surface area contributed by atoms with Crippen molar-refractivity contribution in [3.63, 3.8) is 0 Å². The zero-order valence-corrected chi connectivity index (χ0v) is 14.8. The van der Waals surface area contributed by atoms with Gasteiger partial charge in [0, 0.05) is 5.57 Å². The van der Waals surface area contributed by atoms with Gasteiger partial charge in [-0.1, -0.05) is 12.7 Å². The zero-order chi connectivity index (χ0) is 19.3. The third kappa shape index (κ3) is 3.15. The first-order chi connectivity index (χ1) is 12.1. The predicted octanol–water partition coefficient (Wildman–Crippen LogP) is -0.476. The molecule has 0 radical (unpaired) electrons. The maximum atomic E-state index is 12.7. The van der Waals surface area contributed by atoms with Crippen LogP contribution in [0.15, 0.2) is 24.3 Å². The molecule has 3 aliphatic heterocycles. The lowest BCUT2D eigenvalue weighted by atomic mass is 9.77. The van der Waals surface area contributed by atoms with Crippen LogP contribution in [0.5, 0.6) is 0 Å². The van der Waals surface area contributed by atoms with Gasteiger partial charge in [0.2, 0.25) is 11.8 Å². The Morgan fingerprint density at radius 1 is 1.42 bits per heavy atom. The first-order valence-corrected chi connectivity index (χ1v) is 9.34. The summed E-state index contributed by atoms with van der Waals surface area (Å²) in [5.41, 5.74) is -1.04. The standard InChI is InChI=1S/C15H18NO9P/c1-8(2)14(19)23-7-15-4-3-9(25-15)10-11(15)13(18)16(12(10)17)5-6-24-26(20,21)22/h3-4,9-11H,1,5-7H2,2H3,(H2,20,21,22). The minimum atomic E-state index is -4.69. The van der Waals surface area contributed by atoms with E-state index in [9.17, 15) is 18.9 Å². The normalized spacial score (nSPS) is 32.3. The van der Waals surface area contributed by atoms with E-state index in [1.165, 1.54) is 6.92 Å². The van der Waals surface area contributed by atoms with Gasteiger partial charge in [-0.05, 0) is 13.0 Å². The van der Waals surface area contributed by atoms with Gasteiger partial charge in [0.1, 0.15) is 12.2 Å². The lowest BCUT2D eigenvalue weighted by Crippen LogP contribution is -2.45. The molecule has 2 fully saturated rings. The quantitative estimate of drug-likeness (QED) is 0.195. The van der Waals surface area contributed by atoms with E-state index in [2.05, 4.69) is 11.1 Å². The van der Waals surface area contributed by atoms with Crippen molar-refractivity contribution in [2.24, 2.45) is 11.8 Å². The molecule has 3 rings (SSSR count). The van der Waals surface area contributed by atoms with E-state index in [4.69, 9.17) is 19.3 Å². The first-order valence-electron chi connectivity index (χ1n) is 7.81. The Balaban J connectivity index is 1.73. The molecule has 4 unspecified atom stereocenters. The maximum absolute atomic E-state index is 12.7. The van der Waals surface area contributed by atoms with Crippen LogP contribution in [-0.2, 0) is 32.9 Å². The summed E-state index contributed by atoms with van der Waals surface area (Å²) in [5.74, 6) is -3.31. The number of imide groups is 1. The molecule has 3 aliphatic rings. The van der Waals surface area contributed by atoms with Gasteiger partial charge in [-0.3, -0.25) is 19.0 Å². The summed E-state index contributed by atoms with van der Waals surface area (Å²) in [6.07, 6.45) is 2.65. The second-order valence-corrected chi connectivity index (χ2v) is 7.65. The van der Waals surface area contributed by atoms with Crippen molar-refractivity contribution in [2.75, 3.05) is 19.8 Å². The van der Waals surface area contributed by atoms with Gasteiger partial charge in [-0.15, -0.1) is 0 Å². The number of phosphoric acid groups is 1. The number of rotatable bonds is 7. The van der Waals surface area contributed by atoms with Crippen molar-refractivity contribution < 1.29 is 42.7 Å². The van der Waals surface area contributed by atoms with E-state index < -0.39 is 55.8 Å². The van der Waals surface area contributed by atoms with Gasteiger partial charge in [0.05, 0.1) is 31.1 Å². The summed E-state index contributed by atoms with van der Waals surface area (Å²) in [6.45, 7) is 3.95. The van der Waals surface area contributed by atoms with E-state index in [1.807, 2.05) is 0 Å². The summed E-state index contributed by atoms with van der Waals surface area (Å²) < 4.78 is 25.9. The Morgan fingerprint density at radius 2 is 2.12 bits per heavy atom. The minimum absolute atomic E-state index is 0.194. The van der Waals surface area contributed by atoms with Crippen molar-refractivity contribution in [2.45, 2.75) is 18.6 Å². The molecule has 0 aliphatic carbocycles. The van der Waals surface area contributed by atoms with Crippen LogP contribution in [0.4, 0.5) is 0 Å². The summed E-state index contributed by atoms with van der Waals surface area (Å²) in [5, 5.41) is 0. The lowest BCUT2D eigenvalue weighted by molar-refractivity contribution is -0.153. The fourth-order valence-corrected chi connectivity index (χ4v) is 3.82. The largest absolute Gasteiger partial charge is 0.469 e. The average Bonchev–Trinajstić information content (AvgIpc) is 3.17. The number of phosphoric ester groups is 1. The molecular weight excluding hydrogens is 369 g/mol. The fraction of sp³-hybridized carbons (Fsp3) is 0.533. The van der Waals surface area contributed by atoms with Crippen molar-refractivity contribution in [3.05, 3.63) is 24.3 Å². The van der Waals surface area contributed by atoms with Crippen molar-refractivity contribution in [3.8, 4) is 0 Å². The third-order valence-corrected chi connectivity index (χ3v) is 5.12. The number of esters is 1. The van der Waals surface area contributed by atoms with E-state index in [1.54, 1.807) is 12.2 Å². The number of carbonyl (C=O) groups is 3. The highest BCUT2D eigenvalue weighted by molar-refractivity contribution is 7.46. The monoisotopic (exact) mass is 387 g/mol. The van der Waals surface area contributed by atoms with Crippen LogP contribution in [0.25, 0.3) is 0 Å². The number of nitrogens with zero attached hydrogens (tertiary/aromatic N) is 1. The van der Waals surface area contributed by atoms with Crippen LogP contribution in [0.1, 0.15) is 6.92 Å². The number of hydrogen-bond donors (Lipinski definition) is 2. The van der Waals surface area contributed by atoms with Crippen molar-refractivity contribution in [1.82, 2.24) is 4.90 Å². The highest BCUT2D eigenvalue weighted by Gasteiger charge is 2.67. The van der Waals surface area contributed by atoms with Gasteiger partial charge < -0.3 is 19.3 Å². The number of hydrogen-bond acceptors (Lipinski definition) is 7. The SMILES string of the molecule is C=C(C)C(=O)OCC12C=CC(O1)C1C(=O)N(CCOP(=O)(O)O)C(=O)C12. The number of likely N-dealkylation sites (tertiary alicyclic amines) is 1. The van der Waals surface area contributed by atoms with Crippen LogP contribution in [0.2, 0.25) is 0 Å². The minimum Gasteiger partial charge on any atom is -0.459 e. The van der Waals surface area contributed by atoms with Crippen molar-refractivity contribution >= 4 is 25.6 Å². The molecule has 0 aromatic rings. The molecule has 2 amide bonds. The molecule has 0 saturated carbocycles. The van der Waals surface area contributed by atoms with E-state index in [0.717, 1.165) is 4.90 Å². The molecule has 3 heterocycles. The highest BCUT2D eigenvalue weighted by Crippen LogP contribution is 2.52. The van der Waals surface area contributed by atoms with Crippen LogP contribution < -0.4 is 0 Å². The summed E-state index contributed by atoms with van der Waals surface area (Å²) in [7, 11) is -4.69. The molecule has 11 heteroatoms. The first kappa shape index (κ1) is 18.9. The smallest absolute Gasteiger partial charge is 0.459 e. The second-order valence-electron chi connectivity index (χ2n) is 6.41. The van der Waals surface area contributed by atoms with Gasteiger partial charge >= 0.3 is 13.8 Å². The molecule has 142 valence electrons.